The number of carbonyl (C=O) groups excluding carboxylic acids is 1. The van der Waals surface area contributed by atoms with Gasteiger partial charge in [0.1, 0.15) is 11.3 Å². The summed E-state index contributed by atoms with van der Waals surface area (Å²) in [4.78, 5) is 12.1. The summed E-state index contributed by atoms with van der Waals surface area (Å²) in [5.74, 6) is 0.164. The zero-order valence-electron chi connectivity index (χ0n) is 15.7. The maximum Gasteiger partial charge on any atom is 0.235 e. The number of hydrogen-bond donors (Lipinski definition) is 2. The fourth-order valence-corrected chi connectivity index (χ4v) is 3.40. The molecule has 1 atom stereocenters. The van der Waals surface area contributed by atoms with Crippen molar-refractivity contribution in [1.82, 2.24) is 10.0 Å². The lowest BCUT2D eigenvalue weighted by atomic mass is 10.2. The second-order valence-corrected chi connectivity index (χ2v) is 8.21. The van der Waals surface area contributed by atoms with E-state index in [-0.39, 0.29) is 12.6 Å². The summed E-state index contributed by atoms with van der Waals surface area (Å²) in [7, 11) is -3.72. The Balaban J connectivity index is 1.54. The highest BCUT2D eigenvalue weighted by Gasteiger charge is 2.15. The van der Waals surface area contributed by atoms with E-state index in [9.17, 15) is 13.2 Å². The molecule has 3 rings (SSSR count). The van der Waals surface area contributed by atoms with E-state index in [0.29, 0.717) is 5.76 Å². The van der Waals surface area contributed by atoms with Crippen molar-refractivity contribution in [1.29, 1.82) is 0 Å². The van der Waals surface area contributed by atoms with Crippen LogP contribution in [0.2, 0.25) is 0 Å². The summed E-state index contributed by atoms with van der Waals surface area (Å²) in [5, 5.41) is 4.72. The number of hydrogen-bond acceptors (Lipinski definition) is 4. The van der Waals surface area contributed by atoms with Crippen molar-refractivity contribution in [2.75, 3.05) is 6.54 Å². The molecule has 0 aliphatic carbocycles. The Labute approximate surface area is 164 Å². The summed E-state index contributed by atoms with van der Waals surface area (Å²) in [5.41, 5.74) is 2.59. The molecule has 28 heavy (non-hydrogen) atoms. The second-order valence-electron chi connectivity index (χ2n) is 6.56. The normalized spacial score (nSPS) is 13.1. The Hall–Kier alpha value is -2.90. The number of para-hydroxylation sites is 1. The molecule has 0 spiro atoms. The number of nitrogens with one attached hydrogen (secondary N) is 2. The lowest BCUT2D eigenvalue weighted by Gasteiger charge is -2.11. The molecule has 1 aromatic heterocycles. The molecule has 1 unspecified atom stereocenters. The highest BCUT2D eigenvalue weighted by molar-refractivity contribution is 7.92. The number of furan rings is 1. The average Bonchev–Trinajstić information content (AvgIpc) is 3.11. The lowest BCUT2D eigenvalue weighted by molar-refractivity contribution is -0.120. The Morgan fingerprint density at radius 1 is 1.14 bits per heavy atom. The molecule has 2 aromatic carbocycles. The Kier molecular flexibility index (Phi) is 5.96. The van der Waals surface area contributed by atoms with Crippen LogP contribution in [0.1, 0.15) is 29.9 Å². The van der Waals surface area contributed by atoms with Crippen molar-refractivity contribution in [2.24, 2.45) is 0 Å². The standard InChI is InChI=1S/C21H22N2O4S/c1-15-7-9-17(10-8-15)11-12-28(25,26)22-14-21(24)23-16(2)20-13-18-5-3-4-6-19(18)27-20/h3-13,16,22H,14H2,1-2H3,(H,23,24). The SMILES string of the molecule is Cc1ccc(C=CS(=O)(=O)NCC(=O)NC(C)c2cc3ccccc3o2)cc1. The molecule has 0 fully saturated rings. The summed E-state index contributed by atoms with van der Waals surface area (Å²) in [6, 6.07) is 16.5. The topological polar surface area (TPSA) is 88.4 Å². The first-order valence-corrected chi connectivity index (χ1v) is 10.4. The third-order valence-electron chi connectivity index (χ3n) is 4.20. The second kappa shape index (κ2) is 8.41. The van der Waals surface area contributed by atoms with Crippen molar-refractivity contribution >= 4 is 33.0 Å². The van der Waals surface area contributed by atoms with Crippen molar-refractivity contribution in [3.8, 4) is 0 Å². The first kappa shape index (κ1) is 19.9. The Morgan fingerprint density at radius 2 is 1.86 bits per heavy atom. The van der Waals surface area contributed by atoms with Gasteiger partial charge in [0.2, 0.25) is 15.9 Å². The van der Waals surface area contributed by atoms with Crippen molar-refractivity contribution < 1.29 is 17.6 Å². The van der Waals surface area contributed by atoms with E-state index in [1.54, 1.807) is 6.92 Å². The fourth-order valence-electron chi connectivity index (χ4n) is 2.64. The summed E-state index contributed by atoms with van der Waals surface area (Å²) < 4.78 is 32.1. The van der Waals surface area contributed by atoms with Crippen LogP contribution in [0.3, 0.4) is 0 Å². The largest absolute Gasteiger partial charge is 0.459 e. The zero-order valence-corrected chi connectivity index (χ0v) is 16.5. The van der Waals surface area contributed by atoms with Crippen LogP contribution in [0.5, 0.6) is 0 Å². The van der Waals surface area contributed by atoms with Gasteiger partial charge >= 0.3 is 0 Å². The molecule has 3 aromatic rings. The van der Waals surface area contributed by atoms with Gasteiger partial charge in [-0.1, -0.05) is 48.0 Å². The molecular formula is C21H22N2O4S. The van der Waals surface area contributed by atoms with Crippen LogP contribution < -0.4 is 10.0 Å². The molecule has 0 bridgehead atoms. The molecular weight excluding hydrogens is 376 g/mol. The number of fused-ring (bicyclic) bond motifs is 1. The first-order chi connectivity index (χ1) is 13.3. The maximum absolute atomic E-state index is 12.1. The van der Waals surface area contributed by atoms with E-state index in [4.69, 9.17) is 4.42 Å². The molecule has 0 radical (unpaired) electrons. The van der Waals surface area contributed by atoms with Gasteiger partial charge in [-0.25, -0.2) is 13.1 Å². The maximum atomic E-state index is 12.1. The van der Waals surface area contributed by atoms with E-state index in [2.05, 4.69) is 10.0 Å². The van der Waals surface area contributed by atoms with Gasteiger partial charge in [-0.2, -0.15) is 0 Å². The molecule has 146 valence electrons. The molecule has 1 amide bonds. The van der Waals surface area contributed by atoms with Crippen LogP contribution in [-0.4, -0.2) is 20.9 Å². The Morgan fingerprint density at radius 3 is 2.57 bits per heavy atom. The molecule has 1 heterocycles. The minimum atomic E-state index is -3.72. The number of aryl methyl sites for hydroxylation is 1. The highest BCUT2D eigenvalue weighted by atomic mass is 32.2. The van der Waals surface area contributed by atoms with Gasteiger partial charge < -0.3 is 9.73 Å². The first-order valence-electron chi connectivity index (χ1n) is 8.85. The third kappa shape index (κ3) is 5.31. The smallest absolute Gasteiger partial charge is 0.235 e. The van der Waals surface area contributed by atoms with Gasteiger partial charge in [0.15, 0.2) is 0 Å². The van der Waals surface area contributed by atoms with Crippen molar-refractivity contribution in [3.63, 3.8) is 0 Å². The van der Waals surface area contributed by atoms with E-state index in [0.717, 1.165) is 27.5 Å². The quantitative estimate of drug-likeness (QED) is 0.637. The molecule has 7 heteroatoms. The molecule has 6 nitrogen and oxygen atoms in total. The number of amides is 1. The van der Waals surface area contributed by atoms with Gasteiger partial charge in [-0.3, -0.25) is 4.79 Å². The van der Waals surface area contributed by atoms with E-state index >= 15 is 0 Å². The van der Waals surface area contributed by atoms with Crippen LogP contribution in [0.25, 0.3) is 17.0 Å². The predicted molar refractivity (Wildman–Crippen MR) is 110 cm³/mol. The summed E-state index contributed by atoms with van der Waals surface area (Å²) in [6.07, 6.45) is 1.48. The Bertz CT molecular complexity index is 1070. The van der Waals surface area contributed by atoms with Gasteiger partial charge in [0.05, 0.1) is 12.6 Å². The van der Waals surface area contributed by atoms with E-state index in [1.165, 1.54) is 6.08 Å². The van der Waals surface area contributed by atoms with Crippen molar-refractivity contribution in [3.05, 3.63) is 76.9 Å². The number of rotatable bonds is 7. The zero-order chi connectivity index (χ0) is 20.1. The minimum absolute atomic E-state index is 0.356. The third-order valence-corrected chi connectivity index (χ3v) is 5.24. The highest BCUT2D eigenvalue weighted by Crippen LogP contribution is 2.23. The molecule has 0 saturated heterocycles. The van der Waals surface area contributed by atoms with Gasteiger partial charge in [0.25, 0.3) is 0 Å². The van der Waals surface area contributed by atoms with E-state index in [1.807, 2.05) is 61.5 Å². The monoisotopic (exact) mass is 398 g/mol. The predicted octanol–water partition coefficient (Wildman–Crippen LogP) is 3.51. The van der Waals surface area contributed by atoms with E-state index < -0.39 is 15.9 Å². The molecule has 0 aliphatic rings. The molecule has 0 saturated carbocycles. The van der Waals surface area contributed by atoms with Crippen LogP contribution in [0.15, 0.2) is 64.4 Å². The lowest BCUT2D eigenvalue weighted by Crippen LogP contribution is -2.37. The van der Waals surface area contributed by atoms with Gasteiger partial charge in [-0.05, 0) is 37.6 Å². The van der Waals surface area contributed by atoms with Gasteiger partial charge in [-0.15, -0.1) is 0 Å². The minimum Gasteiger partial charge on any atom is -0.459 e. The fraction of sp³-hybridized carbons (Fsp3) is 0.190. The van der Waals surface area contributed by atoms with Crippen LogP contribution in [0.4, 0.5) is 0 Å². The molecule has 0 aliphatic heterocycles. The van der Waals surface area contributed by atoms with Crippen molar-refractivity contribution in [2.45, 2.75) is 19.9 Å². The number of benzene rings is 2. The molecule has 2 N–H and O–H groups in total. The van der Waals surface area contributed by atoms with Gasteiger partial charge in [0, 0.05) is 10.8 Å². The average molecular weight is 398 g/mol. The van der Waals surface area contributed by atoms with Crippen LogP contribution in [0, 0.1) is 6.92 Å². The summed E-state index contributed by atoms with van der Waals surface area (Å²) in [6.45, 7) is 3.38. The summed E-state index contributed by atoms with van der Waals surface area (Å²) >= 11 is 0. The van der Waals surface area contributed by atoms with Crippen LogP contribution >= 0.6 is 0 Å². The van der Waals surface area contributed by atoms with Crippen LogP contribution in [-0.2, 0) is 14.8 Å². The number of carbonyl (C=O) groups is 1. The number of sulfonamides is 1.